The molecule has 1 aliphatic rings. The molecule has 2 aromatic rings. The molecule has 10 heteroatoms. The second-order valence-corrected chi connectivity index (χ2v) is 7.56. The Hall–Kier alpha value is -2.36. The van der Waals surface area contributed by atoms with Gasteiger partial charge in [0.05, 0.1) is 5.69 Å². The molecule has 3 amide bonds. The minimum Gasteiger partial charge on any atom is -0.325 e. The average molecular weight is 363 g/mol. The Morgan fingerprint density at radius 2 is 2.08 bits per heavy atom. The summed E-state index contributed by atoms with van der Waals surface area (Å²) in [4.78, 5) is 25.8. The molecular formula is C15H21N7O2S. The molecule has 0 bridgehead atoms. The van der Waals surface area contributed by atoms with Crippen molar-refractivity contribution in [3.8, 4) is 0 Å². The predicted molar refractivity (Wildman–Crippen MR) is 91.1 cm³/mol. The summed E-state index contributed by atoms with van der Waals surface area (Å²) in [5.41, 5.74) is 0.693. The fraction of sp³-hybridized carbons (Fsp3) is 0.600. The number of amides is 3. The zero-order valence-corrected chi connectivity index (χ0v) is 15.3. The summed E-state index contributed by atoms with van der Waals surface area (Å²) >= 11 is 1.53. The van der Waals surface area contributed by atoms with Crippen molar-refractivity contribution in [3.05, 3.63) is 21.9 Å². The number of hydrogen-bond donors (Lipinski definition) is 1. The number of nitrogens with zero attached hydrogens (tertiary/aromatic N) is 6. The van der Waals surface area contributed by atoms with Gasteiger partial charge in [0.15, 0.2) is 0 Å². The molecule has 1 saturated heterocycles. The van der Waals surface area contributed by atoms with Crippen LogP contribution in [0.25, 0.3) is 0 Å². The molecule has 0 spiro atoms. The molecule has 1 fully saturated rings. The molecule has 1 atom stereocenters. The van der Waals surface area contributed by atoms with Gasteiger partial charge in [0.25, 0.3) is 5.91 Å². The second-order valence-electron chi connectivity index (χ2n) is 6.30. The van der Waals surface area contributed by atoms with Crippen LogP contribution in [-0.2, 0) is 17.6 Å². The summed E-state index contributed by atoms with van der Waals surface area (Å²) < 4.78 is 1.73. The Morgan fingerprint density at radius 3 is 2.72 bits per heavy atom. The minimum absolute atomic E-state index is 0.204. The van der Waals surface area contributed by atoms with Crippen LogP contribution in [0.3, 0.4) is 0 Å². The Labute approximate surface area is 149 Å². The van der Waals surface area contributed by atoms with Gasteiger partial charge in [0, 0.05) is 31.6 Å². The van der Waals surface area contributed by atoms with Crippen LogP contribution in [0.1, 0.15) is 42.0 Å². The molecule has 2 aromatic heterocycles. The first kappa shape index (κ1) is 17.5. The quantitative estimate of drug-likeness (QED) is 0.739. The van der Waals surface area contributed by atoms with Crippen LogP contribution in [0, 0.1) is 6.92 Å². The van der Waals surface area contributed by atoms with Crippen molar-refractivity contribution < 1.29 is 9.59 Å². The number of carbonyl (C=O) groups excluding carboxylic acids is 2. The maximum absolute atomic E-state index is 12.5. The Bertz CT molecular complexity index is 770. The van der Waals surface area contributed by atoms with Gasteiger partial charge >= 0.3 is 6.03 Å². The van der Waals surface area contributed by atoms with Crippen LogP contribution in [-0.4, -0.2) is 54.6 Å². The van der Waals surface area contributed by atoms with Crippen molar-refractivity contribution in [2.75, 3.05) is 6.54 Å². The summed E-state index contributed by atoms with van der Waals surface area (Å²) in [6, 6.07) is -0.719. The molecule has 25 heavy (non-hydrogen) atoms. The summed E-state index contributed by atoms with van der Waals surface area (Å²) in [5, 5.41) is 20.7. The molecule has 0 aromatic carbocycles. The zero-order valence-electron chi connectivity index (χ0n) is 14.5. The molecule has 3 rings (SSSR count). The van der Waals surface area contributed by atoms with E-state index in [-0.39, 0.29) is 18.0 Å². The summed E-state index contributed by atoms with van der Waals surface area (Å²) in [6.07, 6.45) is 3.54. The van der Waals surface area contributed by atoms with Gasteiger partial charge in [-0.2, -0.15) is 0 Å². The lowest BCUT2D eigenvalue weighted by Crippen LogP contribution is -2.33. The van der Waals surface area contributed by atoms with Gasteiger partial charge in [-0.25, -0.2) is 9.48 Å². The highest BCUT2D eigenvalue weighted by Crippen LogP contribution is 2.14. The zero-order chi connectivity index (χ0) is 18.0. The minimum atomic E-state index is -0.575. The fourth-order valence-corrected chi connectivity index (χ4v) is 3.37. The number of aryl methyl sites for hydroxylation is 2. The van der Waals surface area contributed by atoms with Crippen LogP contribution >= 0.6 is 11.3 Å². The van der Waals surface area contributed by atoms with E-state index < -0.39 is 6.04 Å². The highest BCUT2D eigenvalue weighted by Gasteiger charge is 2.37. The van der Waals surface area contributed by atoms with E-state index in [1.807, 2.05) is 27.0 Å². The van der Waals surface area contributed by atoms with Gasteiger partial charge in [-0.3, -0.25) is 9.69 Å². The van der Waals surface area contributed by atoms with E-state index >= 15 is 0 Å². The molecule has 0 aliphatic carbocycles. The van der Waals surface area contributed by atoms with Crippen LogP contribution in [0.4, 0.5) is 4.79 Å². The van der Waals surface area contributed by atoms with Crippen molar-refractivity contribution >= 4 is 23.3 Å². The normalized spacial score (nSPS) is 17.6. The smallest absolute Gasteiger partial charge is 0.324 e. The lowest BCUT2D eigenvalue weighted by atomic mass is 10.1. The largest absolute Gasteiger partial charge is 0.325 e. The Kier molecular flexibility index (Phi) is 5.07. The van der Waals surface area contributed by atoms with Crippen LogP contribution in [0.15, 0.2) is 6.20 Å². The molecule has 0 radical (unpaired) electrons. The number of hydrogen-bond acceptors (Lipinski definition) is 7. The molecule has 1 unspecified atom stereocenters. The first-order valence-corrected chi connectivity index (χ1v) is 9.07. The first-order valence-electron chi connectivity index (χ1n) is 8.25. The molecule has 3 heterocycles. The fourth-order valence-electron chi connectivity index (χ4n) is 2.62. The first-order chi connectivity index (χ1) is 11.9. The van der Waals surface area contributed by atoms with Crippen molar-refractivity contribution in [2.24, 2.45) is 0 Å². The lowest BCUT2D eigenvalue weighted by molar-refractivity contribution is -0.127. The van der Waals surface area contributed by atoms with Crippen molar-refractivity contribution in [1.82, 2.24) is 35.4 Å². The van der Waals surface area contributed by atoms with Crippen molar-refractivity contribution in [1.29, 1.82) is 0 Å². The summed E-state index contributed by atoms with van der Waals surface area (Å²) in [5.74, 6) is -0.211. The maximum Gasteiger partial charge on any atom is 0.324 e. The SMILES string of the molecule is Cc1nnc(CCCN2C(=O)NC(Cc3cn(C(C)C)nn3)C2=O)s1. The standard InChI is InChI=1S/C15H21N7O2S/c1-9(2)22-8-11(18-20-22)7-12-14(23)21(15(24)16-12)6-4-5-13-19-17-10(3)25-13/h8-9,12H,4-7H2,1-3H3,(H,16,24). The van der Waals surface area contributed by atoms with E-state index in [4.69, 9.17) is 0 Å². The van der Waals surface area contributed by atoms with E-state index in [1.54, 1.807) is 4.68 Å². The van der Waals surface area contributed by atoms with Gasteiger partial charge in [0.2, 0.25) is 0 Å². The predicted octanol–water partition coefficient (Wildman–Crippen LogP) is 1.11. The van der Waals surface area contributed by atoms with E-state index in [1.165, 1.54) is 16.2 Å². The third kappa shape index (κ3) is 4.01. The van der Waals surface area contributed by atoms with Crippen LogP contribution < -0.4 is 5.32 Å². The average Bonchev–Trinajstić information content (AvgIpc) is 3.24. The van der Waals surface area contributed by atoms with Gasteiger partial charge in [0.1, 0.15) is 16.1 Å². The number of rotatable bonds is 7. The maximum atomic E-state index is 12.5. The topological polar surface area (TPSA) is 106 Å². The number of nitrogens with one attached hydrogen (secondary N) is 1. The van der Waals surface area contributed by atoms with Crippen LogP contribution in [0.2, 0.25) is 0 Å². The monoisotopic (exact) mass is 363 g/mol. The molecule has 1 aliphatic heterocycles. The molecule has 134 valence electrons. The highest BCUT2D eigenvalue weighted by molar-refractivity contribution is 7.11. The third-order valence-electron chi connectivity index (χ3n) is 3.95. The van der Waals surface area contributed by atoms with E-state index in [9.17, 15) is 9.59 Å². The third-order valence-corrected chi connectivity index (χ3v) is 4.85. The molecular weight excluding hydrogens is 342 g/mol. The van der Waals surface area contributed by atoms with Gasteiger partial charge < -0.3 is 5.32 Å². The Morgan fingerprint density at radius 1 is 1.28 bits per heavy atom. The number of carbonyl (C=O) groups is 2. The number of urea groups is 1. The second kappa shape index (κ2) is 7.26. The van der Waals surface area contributed by atoms with E-state index in [2.05, 4.69) is 25.8 Å². The van der Waals surface area contributed by atoms with Gasteiger partial charge in [-0.15, -0.1) is 26.6 Å². The van der Waals surface area contributed by atoms with E-state index in [0.717, 1.165) is 10.0 Å². The van der Waals surface area contributed by atoms with Gasteiger partial charge in [-0.1, -0.05) is 5.21 Å². The molecule has 9 nitrogen and oxygen atoms in total. The van der Waals surface area contributed by atoms with Crippen molar-refractivity contribution in [3.63, 3.8) is 0 Å². The number of aromatic nitrogens is 5. The summed E-state index contributed by atoms with van der Waals surface area (Å²) in [7, 11) is 0. The summed E-state index contributed by atoms with van der Waals surface area (Å²) in [6.45, 7) is 6.28. The van der Waals surface area contributed by atoms with Gasteiger partial charge in [-0.05, 0) is 27.2 Å². The highest BCUT2D eigenvalue weighted by atomic mass is 32.1. The Balaban J connectivity index is 1.54. The number of imide groups is 1. The molecule has 0 saturated carbocycles. The van der Waals surface area contributed by atoms with E-state index in [0.29, 0.717) is 31.5 Å². The van der Waals surface area contributed by atoms with Crippen molar-refractivity contribution in [2.45, 2.75) is 52.1 Å². The molecule has 1 N–H and O–H groups in total. The lowest BCUT2D eigenvalue weighted by Gasteiger charge is -2.11. The van der Waals surface area contributed by atoms with Crippen LogP contribution in [0.5, 0.6) is 0 Å².